The molecule has 2 atom stereocenters. The van der Waals surface area contributed by atoms with Gasteiger partial charge in [0.1, 0.15) is 12.4 Å². The first-order valence-corrected chi connectivity index (χ1v) is 12.2. The van der Waals surface area contributed by atoms with Crippen LogP contribution >= 0.6 is 7.37 Å². The number of benzene rings is 2. The number of alkyl carbamates (subject to hydrolysis) is 1. The zero-order valence-corrected chi connectivity index (χ0v) is 18.5. The number of aliphatic carboxylic acids is 1. The molecule has 3 N–H and O–H groups in total. The van der Waals surface area contributed by atoms with Gasteiger partial charge in [0.05, 0.1) is 6.42 Å². The first-order valence-electron chi connectivity index (χ1n) is 10.3. The maximum absolute atomic E-state index is 12.7. The van der Waals surface area contributed by atoms with E-state index < -0.39 is 37.8 Å². The van der Waals surface area contributed by atoms with Crippen LogP contribution in [0.1, 0.15) is 43.7 Å². The van der Waals surface area contributed by atoms with E-state index >= 15 is 0 Å². The Bertz CT molecular complexity index is 960. The van der Waals surface area contributed by atoms with Crippen molar-refractivity contribution in [2.75, 3.05) is 12.8 Å². The van der Waals surface area contributed by atoms with Crippen molar-refractivity contribution in [3.8, 4) is 11.1 Å². The van der Waals surface area contributed by atoms with Gasteiger partial charge in [0.25, 0.3) is 0 Å². The van der Waals surface area contributed by atoms with E-state index in [4.69, 9.17) is 9.84 Å². The molecule has 166 valence electrons. The lowest BCUT2D eigenvalue weighted by Crippen LogP contribution is -2.37. The van der Waals surface area contributed by atoms with Gasteiger partial charge >= 0.3 is 12.1 Å². The van der Waals surface area contributed by atoms with Crippen LogP contribution in [-0.2, 0) is 14.1 Å². The molecule has 1 amide bonds. The van der Waals surface area contributed by atoms with E-state index in [9.17, 15) is 19.0 Å². The minimum absolute atomic E-state index is 0.0317. The third-order valence-corrected chi connectivity index (χ3v) is 7.63. The summed E-state index contributed by atoms with van der Waals surface area (Å²) in [5.74, 6) is -2.29. The lowest BCUT2D eigenvalue weighted by atomic mass is 9.98. The minimum atomic E-state index is -3.91. The van der Waals surface area contributed by atoms with Crippen LogP contribution in [-0.4, -0.2) is 40.6 Å². The summed E-state index contributed by atoms with van der Waals surface area (Å²) in [6.45, 7) is 3.83. The molecule has 0 spiro atoms. The van der Waals surface area contributed by atoms with Crippen LogP contribution in [0.4, 0.5) is 4.79 Å². The van der Waals surface area contributed by atoms with Crippen molar-refractivity contribution in [3.05, 3.63) is 59.7 Å². The van der Waals surface area contributed by atoms with Crippen molar-refractivity contribution < 1.29 is 28.9 Å². The molecule has 0 fully saturated rings. The third-order valence-electron chi connectivity index (χ3n) is 5.46. The number of hydrogen-bond donors (Lipinski definition) is 3. The van der Waals surface area contributed by atoms with Gasteiger partial charge in [-0.05, 0) is 34.6 Å². The van der Waals surface area contributed by atoms with Crippen molar-refractivity contribution in [2.45, 2.75) is 38.4 Å². The fourth-order valence-electron chi connectivity index (χ4n) is 3.96. The average molecular weight is 445 g/mol. The number of fused-ring (bicyclic) bond motifs is 3. The van der Waals surface area contributed by atoms with Gasteiger partial charge in [0.2, 0.25) is 7.37 Å². The maximum atomic E-state index is 12.7. The monoisotopic (exact) mass is 445 g/mol. The smallest absolute Gasteiger partial charge is 0.407 e. The first kappa shape index (κ1) is 23.0. The molecular formula is C23H28NO6P. The van der Waals surface area contributed by atoms with E-state index in [2.05, 4.69) is 5.32 Å². The lowest BCUT2D eigenvalue weighted by Gasteiger charge is -2.25. The lowest BCUT2D eigenvalue weighted by molar-refractivity contribution is -0.136. The second-order valence-corrected chi connectivity index (χ2v) is 10.8. The molecule has 1 aliphatic rings. The number of nitrogens with one attached hydrogen (secondary N) is 1. The average Bonchev–Trinajstić information content (AvgIpc) is 3.04. The standard InChI is InChI=1S/C23H28NO6P/c1-15(2)13-21(31(28,29)12-11-22(25)26)24-23(27)30-14-20-18-9-5-3-7-16(18)17-8-4-6-10-19(17)20/h3-10,15,20-21H,11-14H2,1-2H3,(H,24,27)(H,25,26)(H,28,29). The highest BCUT2D eigenvalue weighted by Crippen LogP contribution is 2.48. The van der Waals surface area contributed by atoms with E-state index in [0.29, 0.717) is 0 Å². The number of carboxylic acids is 1. The van der Waals surface area contributed by atoms with Gasteiger partial charge in [-0.1, -0.05) is 62.4 Å². The van der Waals surface area contributed by atoms with Crippen LogP contribution in [0.25, 0.3) is 11.1 Å². The molecule has 1 aliphatic carbocycles. The molecule has 0 saturated carbocycles. The van der Waals surface area contributed by atoms with Gasteiger partial charge in [-0.25, -0.2) is 4.79 Å². The third kappa shape index (κ3) is 5.54. The number of carbonyl (C=O) groups excluding carboxylic acids is 1. The van der Waals surface area contributed by atoms with E-state index in [1.165, 1.54) is 0 Å². The molecule has 2 aromatic carbocycles. The highest BCUT2D eigenvalue weighted by molar-refractivity contribution is 7.58. The molecule has 0 bridgehead atoms. The first-order chi connectivity index (χ1) is 14.7. The van der Waals surface area contributed by atoms with Crippen LogP contribution in [0.5, 0.6) is 0 Å². The van der Waals surface area contributed by atoms with Crippen LogP contribution < -0.4 is 5.32 Å². The highest BCUT2D eigenvalue weighted by Gasteiger charge is 2.34. The van der Waals surface area contributed by atoms with E-state index in [1.54, 1.807) is 0 Å². The maximum Gasteiger partial charge on any atom is 0.407 e. The fraction of sp³-hybridized carbons (Fsp3) is 0.391. The number of hydrogen-bond acceptors (Lipinski definition) is 4. The van der Waals surface area contributed by atoms with Gasteiger partial charge in [0.15, 0.2) is 0 Å². The van der Waals surface area contributed by atoms with Crippen LogP contribution in [0.2, 0.25) is 0 Å². The van der Waals surface area contributed by atoms with Gasteiger partial charge in [-0.15, -0.1) is 0 Å². The Morgan fingerprint density at radius 1 is 1.06 bits per heavy atom. The fourth-order valence-corrected chi connectivity index (χ4v) is 5.84. The second kappa shape index (κ2) is 9.67. The SMILES string of the molecule is CC(C)CC(NC(=O)OCC1c2ccccc2-c2ccccc21)P(=O)(O)CCC(=O)O. The van der Waals surface area contributed by atoms with Crippen molar-refractivity contribution in [2.24, 2.45) is 5.92 Å². The van der Waals surface area contributed by atoms with Gasteiger partial charge in [0, 0.05) is 12.1 Å². The van der Waals surface area contributed by atoms with Crippen LogP contribution in [0.15, 0.2) is 48.5 Å². The predicted molar refractivity (Wildman–Crippen MR) is 118 cm³/mol. The summed E-state index contributed by atoms with van der Waals surface area (Å²) in [6.07, 6.45) is -1.37. The van der Waals surface area contributed by atoms with E-state index in [0.717, 1.165) is 22.3 Å². The Morgan fingerprint density at radius 3 is 2.13 bits per heavy atom. The van der Waals surface area contributed by atoms with Crippen molar-refractivity contribution in [1.82, 2.24) is 5.32 Å². The summed E-state index contributed by atoms with van der Waals surface area (Å²) >= 11 is 0. The van der Waals surface area contributed by atoms with Crippen molar-refractivity contribution in [1.29, 1.82) is 0 Å². The largest absolute Gasteiger partial charge is 0.481 e. The van der Waals surface area contributed by atoms with Gasteiger partial charge < -0.3 is 20.1 Å². The van der Waals surface area contributed by atoms with Gasteiger partial charge in [-0.2, -0.15) is 0 Å². The molecule has 2 aromatic rings. The molecule has 31 heavy (non-hydrogen) atoms. The Kier molecular flexibility index (Phi) is 7.19. The van der Waals surface area contributed by atoms with Crippen LogP contribution in [0.3, 0.4) is 0 Å². The second-order valence-electron chi connectivity index (χ2n) is 8.24. The summed E-state index contributed by atoms with van der Waals surface area (Å²) in [6, 6.07) is 15.9. The van der Waals surface area contributed by atoms with E-state index in [1.807, 2.05) is 62.4 Å². The number of carboxylic acid groups (broad SMARTS) is 1. The molecule has 2 unspecified atom stereocenters. The minimum Gasteiger partial charge on any atom is -0.481 e. The Balaban J connectivity index is 1.69. The molecular weight excluding hydrogens is 417 g/mol. The quantitative estimate of drug-likeness (QED) is 0.485. The zero-order chi connectivity index (χ0) is 22.6. The summed E-state index contributed by atoms with van der Waals surface area (Å²) in [5, 5.41) is 11.4. The zero-order valence-electron chi connectivity index (χ0n) is 17.7. The van der Waals surface area contributed by atoms with Crippen molar-refractivity contribution >= 4 is 19.4 Å². The number of ether oxygens (including phenoxy) is 1. The van der Waals surface area contributed by atoms with Crippen LogP contribution in [0, 0.1) is 5.92 Å². The molecule has 8 heteroatoms. The Labute approximate surface area is 181 Å². The van der Waals surface area contributed by atoms with Gasteiger partial charge in [-0.3, -0.25) is 9.36 Å². The molecule has 0 radical (unpaired) electrons. The molecule has 3 rings (SSSR count). The summed E-state index contributed by atoms with van der Waals surface area (Å²) < 4.78 is 18.2. The Morgan fingerprint density at radius 2 is 1.61 bits per heavy atom. The molecule has 0 heterocycles. The molecule has 0 aliphatic heterocycles. The molecule has 7 nitrogen and oxygen atoms in total. The number of carbonyl (C=O) groups is 2. The predicted octanol–water partition coefficient (Wildman–Crippen LogP) is 4.64. The summed E-state index contributed by atoms with van der Waals surface area (Å²) in [4.78, 5) is 33.7. The summed E-state index contributed by atoms with van der Waals surface area (Å²) in [5.41, 5.74) is 4.37. The normalized spacial score (nSPS) is 15.6. The molecule has 0 saturated heterocycles. The number of rotatable bonds is 9. The highest BCUT2D eigenvalue weighted by atomic mass is 31.2. The summed E-state index contributed by atoms with van der Waals surface area (Å²) in [7, 11) is -3.91. The van der Waals surface area contributed by atoms with Crippen molar-refractivity contribution in [3.63, 3.8) is 0 Å². The molecule has 0 aromatic heterocycles. The number of amides is 1. The van der Waals surface area contributed by atoms with E-state index in [-0.39, 0.29) is 24.9 Å². The topological polar surface area (TPSA) is 113 Å². The Hall–Kier alpha value is -2.63.